The topological polar surface area (TPSA) is 54.0 Å². The van der Waals surface area contributed by atoms with E-state index in [4.69, 9.17) is 0 Å². The highest BCUT2D eigenvalue weighted by Crippen LogP contribution is 2.37. The molecule has 1 aromatic carbocycles. The number of rotatable bonds is 1. The fraction of sp³-hybridized carbons (Fsp3) is 0.143. The number of halogens is 3. The smallest absolute Gasteiger partial charge is 0.327 e. The van der Waals surface area contributed by atoms with Gasteiger partial charge >= 0.3 is 12.2 Å². The number of urea groups is 1. The van der Waals surface area contributed by atoms with Gasteiger partial charge in [0.25, 0.3) is 0 Å². The van der Waals surface area contributed by atoms with Crippen molar-refractivity contribution < 1.29 is 18.0 Å². The number of aromatic nitrogens is 1. The second-order valence-corrected chi connectivity index (χ2v) is 4.62. The maximum Gasteiger partial charge on any atom is 0.416 e. The van der Waals surface area contributed by atoms with Gasteiger partial charge in [0.1, 0.15) is 0 Å². The first-order valence-electron chi connectivity index (χ1n) is 6.14. The summed E-state index contributed by atoms with van der Waals surface area (Å²) < 4.78 is 38.5. The van der Waals surface area contributed by atoms with Gasteiger partial charge in [-0.3, -0.25) is 4.98 Å². The van der Waals surface area contributed by atoms with E-state index in [1.807, 2.05) is 0 Å². The Morgan fingerprint density at radius 1 is 1.19 bits per heavy atom. The van der Waals surface area contributed by atoms with Gasteiger partial charge in [0.2, 0.25) is 0 Å². The molecule has 0 aliphatic carbocycles. The zero-order valence-electron chi connectivity index (χ0n) is 10.6. The van der Waals surface area contributed by atoms with E-state index in [1.165, 1.54) is 12.3 Å². The molecule has 0 fully saturated rings. The second kappa shape index (κ2) is 4.76. The summed E-state index contributed by atoms with van der Waals surface area (Å²) >= 11 is 0. The lowest BCUT2D eigenvalue weighted by atomic mass is 9.95. The molecule has 2 amide bonds. The Kier molecular flexibility index (Phi) is 3.04. The van der Waals surface area contributed by atoms with Crippen LogP contribution in [0.4, 0.5) is 23.7 Å². The second-order valence-electron chi connectivity index (χ2n) is 4.62. The number of alkyl halides is 3. The fourth-order valence-electron chi connectivity index (χ4n) is 2.27. The van der Waals surface area contributed by atoms with Crippen molar-refractivity contribution >= 4 is 11.7 Å². The highest BCUT2D eigenvalue weighted by atomic mass is 19.4. The number of fused-ring (bicyclic) bond motifs is 1. The summed E-state index contributed by atoms with van der Waals surface area (Å²) in [6.45, 7) is 0. The average molecular weight is 293 g/mol. The van der Waals surface area contributed by atoms with Crippen LogP contribution in [-0.4, -0.2) is 11.0 Å². The molecule has 7 heteroatoms. The Morgan fingerprint density at radius 3 is 2.67 bits per heavy atom. The number of nitrogens with zero attached hydrogens (tertiary/aromatic N) is 1. The van der Waals surface area contributed by atoms with Gasteiger partial charge < -0.3 is 10.6 Å². The van der Waals surface area contributed by atoms with E-state index >= 15 is 0 Å². The van der Waals surface area contributed by atoms with Crippen molar-refractivity contribution in [3.8, 4) is 0 Å². The van der Waals surface area contributed by atoms with Crippen molar-refractivity contribution in [2.45, 2.75) is 12.2 Å². The normalized spacial score (nSPS) is 17.7. The molecule has 0 saturated carbocycles. The summed E-state index contributed by atoms with van der Waals surface area (Å²) in [5.41, 5.74) is 0.582. The van der Waals surface area contributed by atoms with E-state index in [9.17, 15) is 18.0 Å². The number of amides is 2. The Labute approximate surface area is 118 Å². The van der Waals surface area contributed by atoms with E-state index in [2.05, 4.69) is 15.6 Å². The summed E-state index contributed by atoms with van der Waals surface area (Å²) in [6, 6.07) is 5.50. The molecule has 2 heterocycles. The molecule has 2 aromatic rings. The van der Waals surface area contributed by atoms with Gasteiger partial charge in [0.05, 0.1) is 11.6 Å². The van der Waals surface area contributed by atoms with Gasteiger partial charge in [-0.1, -0.05) is 6.07 Å². The standard InChI is InChI=1S/C14H10F3N3O/c15-14(16,17)9-3-4-11-10(6-9)12(20-13(21)19-11)8-2-1-5-18-7-8/h1-7,12H,(H2,19,20,21). The first-order chi connectivity index (χ1) is 9.95. The molecule has 0 saturated heterocycles. The van der Waals surface area contributed by atoms with Crippen molar-refractivity contribution in [1.82, 2.24) is 10.3 Å². The van der Waals surface area contributed by atoms with E-state index in [0.717, 1.165) is 12.1 Å². The molecule has 0 bridgehead atoms. The summed E-state index contributed by atoms with van der Waals surface area (Å²) in [6.07, 6.45) is -1.37. The van der Waals surface area contributed by atoms with Crippen LogP contribution in [0, 0.1) is 0 Å². The molecule has 21 heavy (non-hydrogen) atoms. The quantitative estimate of drug-likeness (QED) is 0.847. The predicted octanol–water partition coefficient (Wildman–Crippen LogP) is 3.32. The third-order valence-electron chi connectivity index (χ3n) is 3.23. The molecular formula is C14H10F3N3O. The van der Waals surface area contributed by atoms with E-state index in [0.29, 0.717) is 16.8 Å². The Morgan fingerprint density at radius 2 is 2.00 bits per heavy atom. The molecule has 3 rings (SSSR count). The van der Waals surface area contributed by atoms with Crippen LogP contribution < -0.4 is 10.6 Å². The number of carbonyl (C=O) groups is 1. The van der Waals surface area contributed by atoms with E-state index < -0.39 is 23.8 Å². The summed E-state index contributed by atoms with van der Waals surface area (Å²) in [5, 5.41) is 5.11. The largest absolute Gasteiger partial charge is 0.416 e. The van der Waals surface area contributed by atoms with Crippen molar-refractivity contribution in [2.75, 3.05) is 5.32 Å². The lowest BCUT2D eigenvalue weighted by molar-refractivity contribution is -0.137. The van der Waals surface area contributed by atoms with Crippen LogP contribution >= 0.6 is 0 Å². The zero-order chi connectivity index (χ0) is 15.0. The molecule has 1 unspecified atom stereocenters. The Balaban J connectivity index is 2.12. The molecule has 1 aromatic heterocycles. The van der Waals surface area contributed by atoms with Crippen LogP contribution in [0.2, 0.25) is 0 Å². The first-order valence-corrected chi connectivity index (χ1v) is 6.14. The van der Waals surface area contributed by atoms with Gasteiger partial charge in [0.15, 0.2) is 0 Å². The summed E-state index contributed by atoms with van der Waals surface area (Å²) in [5.74, 6) is 0. The number of hydrogen-bond donors (Lipinski definition) is 2. The van der Waals surface area contributed by atoms with Crippen molar-refractivity contribution in [2.24, 2.45) is 0 Å². The Hall–Kier alpha value is -2.57. The molecule has 4 nitrogen and oxygen atoms in total. The molecule has 1 aliphatic heterocycles. The average Bonchev–Trinajstić information content (AvgIpc) is 2.46. The molecule has 2 N–H and O–H groups in total. The summed E-state index contributed by atoms with van der Waals surface area (Å²) in [7, 11) is 0. The molecule has 108 valence electrons. The minimum atomic E-state index is -4.43. The Bertz CT molecular complexity index is 686. The van der Waals surface area contributed by atoms with E-state index in [-0.39, 0.29) is 0 Å². The van der Waals surface area contributed by atoms with Crippen LogP contribution in [-0.2, 0) is 6.18 Å². The van der Waals surface area contributed by atoms with Gasteiger partial charge in [-0.25, -0.2) is 4.79 Å². The van der Waals surface area contributed by atoms with Gasteiger partial charge in [-0.05, 0) is 29.8 Å². The lowest BCUT2D eigenvalue weighted by Crippen LogP contribution is -2.38. The van der Waals surface area contributed by atoms with Crippen molar-refractivity contribution in [3.63, 3.8) is 0 Å². The lowest BCUT2D eigenvalue weighted by Gasteiger charge is -2.28. The highest BCUT2D eigenvalue weighted by molar-refractivity contribution is 5.93. The third kappa shape index (κ3) is 2.54. The molecule has 0 radical (unpaired) electrons. The fourth-order valence-corrected chi connectivity index (χ4v) is 2.27. The highest BCUT2D eigenvalue weighted by Gasteiger charge is 2.34. The van der Waals surface area contributed by atoms with E-state index in [1.54, 1.807) is 18.3 Å². The van der Waals surface area contributed by atoms with Crippen LogP contribution in [0.5, 0.6) is 0 Å². The van der Waals surface area contributed by atoms with Gasteiger partial charge in [-0.15, -0.1) is 0 Å². The van der Waals surface area contributed by atoms with Crippen LogP contribution in [0.3, 0.4) is 0 Å². The zero-order valence-corrected chi connectivity index (χ0v) is 10.6. The minimum Gasteiger partial charge on any atom is -0.327 e. The van der Waals surface area contributed by atoms with Crippen molar-refractivity contribution in [3.05, 3.63) is 59.4 Å². The number of anilines is 1. The molecule has 1 aliphatic rings. The SMILES string of the molecule is O=C1Nc2ccc(C(F)(F)F)cc2C(c2cccnc2)N1. The maximum atomic E-state index is 12.8. The number of hydrogen-bond acceptors (Lipinski definition) is 2. The predicted molar refractivity (Wildman–Crippen MR) is 69.7 cm³/mol. The number of carbonyl (C=O) groups excluding carboxylic acids is 1. The monoisotopic (exact) mass is 293 g/mol. The number of pyridine rings is 1. The molecule has 1 atom stereocenters. The first kappa shape index (κ1) is 13.4. The van der Waals surface area contributed by atoms with Crippen LogP contribution in [0.1, 0.15) is 22.7 Å². The number of benzene rings is 1. The minimum absolute atomic E-state index is 0.359. The van der Waals surface area contributed by atoms with Crippen LogP contribution in [0.15, 0.2) is 42.7 Å². The van der Waals surface area contributed by atoms with Gasteiger partial charge in [-0.2, -0.15) is 13.2 Å². The summed E-state index contributed by atoms with van der Waals surface area (Å²) in [4.78, 5) is 15.6. The van der Waals surface area contributed by atoms with Crippen molar-refractivity contribution in [1.29, 1.82) is 0 Å². The van der Waals surface area contributed by atoms with Crippen LogP contribution in [0.25, 0.3) is 0 Å². The van der Waals surface area contributed by atoms with Gasteiger partial charge in [0, 0.05) is 23.6 Å². The maximum absolute atomic E-state index is 12.8. The number of nitrogens with one attached hydrogen (secondary N) is 2. The molecular weight excluding hydrogens is 283 g/mol. The third-order valence-corrected chi connectivity index (χ3v) is 3.23. The molecule has 0 spiro atoms.